The summed E-state index contributed by atoms with van der Waals surface area (Å²) in [6.45, 7) is 0. The predicted molar refractivity (Wildman–Crippen MR) is 149 cm³/mol. The van der Waals surface area contributed by atoms with Crippen molar-refractivity contribution in [2.75, 3.05) is 12.0 Å². The summed E-state index contributed by atoms with van der Waals surface area (Å²) in [5, 5.41) is 13.8. The van der Waals surface area contributed by atoms with Gasteiger partial charge in [0.2, 0.25) is 0 Å². The Kier molecular flexibility index (Phi) is 6.89. The zero-order valence-corrected chi connectivity index (χ0v) is 21.3. The third-order valence-corrected chi connectivity index (χ3v) is 7.06. The number of nitrogens with zero attached hydrogens (tertiary/aromatic N) is 3. The van der Waals surface area contributed by atoms with E-state index < -0.39 is 5.97 Å². The number of thioether (sulfide) groups is 1. The number of carbonyl (C=O) groups excluding carboxylic acids is 1. The second-order valence-corrected chi connectivity index (χ2v) is 9.87. The van der Waals surface area contributed by atoms with Gasteiger partial charge in [-0.15, -0.1) is 0 Å². The third kappa shape index (κ3) is 5.18. The van der Waals surface area contributed by atoms with Crippen molar-refractivity contribution < 1.29 is 19.4 Å². The number of methoxy groups -OCH3 is 1. The van der Waals surface area contributed by atoms with E-state index in [1.54, 1.807) is 36.1 Å². The smallest absolute Gasteiger partial charge is 0.307 e. The van der Waals surface area contributed by atoms with Crippen LogP contribution in [0.4, 0.5) is 5.69 Å². The maximum absolute atomic E-state index is 13.4. The van der Waals surface area contributed by atoms with Crippen molar-refractivity contribution >= 4 is 51.9 Å². The number of thiocarbonyl (C=S) groups is 1. The average molecular weight is 528 g/mol. The van der Waals surface area contributed by atoms with Gasteiger partial charge in [-0.3, -0.25) is 14.5 Å². The number of carboxylic acids is 1. The highest BCUT2D eigenvalue weighted by Crippen LogP contribution is 2.37. The lowest BCUT2D eigenvalue weighted by Gasteiger charge is -2.14. The zero-order valence-electron chi connectivity index (χ0n) is 19.7. The van der Waals surface area contributed by atoms with Crippen molar-refractivity contribution in [1.82, 2.24) is 9.78 Å². The number of ether oxygens (including phenoxy) is 1. The first kappa shape index (κ1) is 24.5. The molecule has 1 aliphatic heterocycles. The second-order valence-electron chi connectivity index (χ2n) is 8.20. The zero-order chi connectivity index (χ0) is 25.9. The number of rotatable bonds is 7. The SMILES string of the molecule is COc1ccc(-c2nn(-c3ccccc3)cc2/C=C2\SC(=S)N(c3ccc(CC(=O)O)cc3)C2=O)cc1. The van der Waals surface area contributed by atoms with Crippen molar-refractivity contribution in [3.05, 3.63) is 101 Å². The molecule has 184 valence electrons. The molecule has 0 spiro atoms. The molecule has 5 rings (SSSR count). The number of hydrogen-bond acceptors (Lipinski definition) is 6. The van der Waals surface area contributed by atoms with Crippen molar-refractivity contribution in [3.8, 4) is 22.7 Å². The minimum absolute atomic E-state index is 0.0852. The summed E-state index contributed by atoms with van der Waals surface area (Å²) >= 11 is 6.75. The van der Waals surface area contributed by atoms with Crippen molar-refractivity contribution in [1.29, 1.82) is 0 Å². The van der Waals surface area contributed by atoms with Crippen LogP contribution in [0.2, 0.25) is 0 Å². The van der Waals surface area contributed by atoms with Crippen LogP contribution in [-0.4, -0.2) is 38.2 Å². The number of anilines is 1. The van der Waals surface area contributed by atoms with Gasteiger partial charge in [-0.2, -0.15) is 5.10 Å². The van der Waals surface area contributed by atoms with Crippen LogP contribution in [0.1, 0.15) is 11.1 Å². The Morgan fingerprint density at radius 2 is 1.73 bits per heavy atom. The number of benzene rings is 3. The van der Waals surface area contributed by atoms with E-state index in [0.717, 1.165) is 28.3 Å². The summed E-state index contributed by atoms with van der Waals surface area (Å²) in [7, 11) is 1.62. The lowest BCUT2D eigenvalue weighted by Crippen LogP contribution is -2.27. The van der Waals surface area contributed by atoms with Crippen LogP contribution < -0.4 is 9.64 Å². The summed E-state index contributed by atoms with van der Waals surface area (Å²) in [5.41, 5.74) is 4.50. The summed E-state index contributed by atoms with van der Waals surface area (Å²) in [5.74, 6) is -0.415. The van der Waals surface area contributed by atoms with E-state index in [-0.39, 0.29) is 12.3 Å². The number of amides is 1. The lowest BCUT2D eigenvalue weighted by molar-refractivity contribution is -0.136. The minimum atomic E-state index is -0.912. The summed E-state index contributed by atoms with van der Waals surface area (Å²) in [6, 6.07) is 24.1. The highest BCUT2D eigenvalue weighted by atomic mass is 32.2. The molecule has 4 aromatic rings. The molecule has 0 unspecified atom stereocenters. The van der Waals surface area contributed by atoms with Gasteiger partial charge in [0.15, 0.2) is 4.32 Å². The molecule has 1 fully saturated rings. The van der Waals surface area contributed by atoms with Crippen LogP contribution in [0.5, 0.6) is 5.75 Å². The molecule has 3 aromatic carbocycles. The van der Waals surface area contributed by atoms with Crippen molar-refractivity contribution in [3.63, 3.8) is 0 Å². The van der Waals surface area contributed by atoms with E-state index in [0.29, 0.717) is 20.5 Å². The first-order valence-electron chi connectivity index (χ1n) is 11.3. The molecule has 7 nitrogen and oxygen atoms in total. The minimum Gasteiger partial charge on any atom is -0.497 e. The monoisotopic (exact) mass is 527 g/mol. The molecule has 0 atom stereocenters. The molecule has 0 aliphatic carbocycles. The molecule has 1 amide bonds. The Morgan fingerprint density at radius 1 is 1.03 bits per heavy atom. The van der Waals surface area contributed by atoms with Gasteiger partial charge in [-0.25, -0.2) is 4.68 Å². The number of aliphatic carboxylic acids is 1. The number of carbonyl (C=O) groups is 2. The molecule has 37 heavy (non-hydrogen) atoms. The van der Waals surface area contributed by atoms with Gasteiger partial charge in [-0.1, -0.05) is 54.3 Å². The normalized spacial score (nSPS) is 14.4. The fourth-order valence-electron chi connectivity index (χ4n) is 3.95. The average Bonchev–Trinajstić information content (AvgIpc) is 3.45. The number of aromatic nitrogens is 2. The fourth-order valence-corrected chi connectivity index (χ4v) is 5.24. The molecule has 2 heterocycles. The van der Waals surface area contributed by atoms with Crippen molar-refractivity contribution in [2.45, 2.75) is 6.42 Å². The van der Waals surface area contributed by atoms with Crippen LogP contribution >= 0.6 is 24.0 Å². The van der Waals surface area contributed by atoms with Gasteiger partial charge in [-0.05, 0) is 60.2 Å². The summed E-state index contributed by atoms with van der Waals surface area (Å²) < 4.78 is 7.48. The Labute approximate surface area is 223 Å². The molecule has 1 aliphatic rings. The van der Waals surface area contributed by atoms with Crippen LogP contribution in [0.15, 0.2) is 90.0 Å². The van der Waals surface area contributed by atoms with E-state index in [9.17, 15) is 9.59 Å². The molecule has 1 N–H and O–H groups in total. The van der Waals surface area contributed by atoms with Crippen LogP contribution in [-0.2, 0) is 16.0 Å². The maximum atomic E-state index is 13.4. The van der Waals surface area contributed by atoms with Crippen molar-refractivity contribution in [2.24, 2.45) is 0 Å². The molecule has 0 radical (unpaired) electrons. The Bertz CT molecular complexity index is 1510. The molecular formula is C28H21N3O4S2. The third-order valence-electron chi connectivity index (χ3n) is 5.76. The standard InChI is InChI=1S/C28H21N3O4S2/c1-35-23-13-9-19(10-14-23)26-20(17-30(29-26)21-5-3-2-4-6-21)16-24-27(34)31(28(36)37-24)22-11-7-18(8-12-22)15-25(32)33/h2-14,16-17H,15H2,1H3,(H,32,33)/b24-16-. The summed E-state index contributed by atoms with van der Waals surface area (Å²) in [6.07, 6.45) is 3.62. The first-order valence-corrected chi connectivity index (χ1v) is 12.5. The quantitative estimate of drug-likeness (QED) is 0.248. The van der Waals surface area contributed by atoms with Gasteiger partial charge >= 0.3 is 5.97 Å². The largest absolute Gasteiger partial charge is 0.497 e. The van der Waals surface area contributed by atoms with Crippen LogP contribution in [0.3, 0.4) is 0 Å². The van der Waals surface area contributed by atoms with Crippen LogP contribution in [0, 0.1) is 0 Å². The Hall–Kier alpha value is -4.21. The summed E-state index contributed by atoms with van der Waals surface area (Å²) in [4.78, 5) is 26.3. The maximum Gasteiger partial charge on any atom is 0.307 e. The Balaban J connectivity index is 1.51. The molecule has 9 heteroatoms. The molecule has 1 aromatic heterocycles. The number of para-hydroxylation sites is 1. The van der Waals surface area contributed by atoms with Gasteiger partial charge in [0.05, 0.1) is 35.5 Å². The van der Waals surface area contributed by atoms with Gasteiger partial charge in [0.1, 0.15) is 5.75 Å². The van der Waals surface area contributed by atoms with Gasteiger partial charge in [0.25, 0.3) is 5.91 Å². The van der Waals surface area contributed by atoms with Gasteiger partial charge in [0, 0.05) is 17.3 Å². The fraction of sp³-hybridized carbons (Fsp3) is 0.0714. The topological polar surface area (TPSA) is 84.7 Å². The van der Waals surface area contributed by atoms with E-state index in [1.807, 2.05) is 66.9 Å². The van der Waals surface area contributed by atoms with E-state index >= 15 is 0 Å². The second kappa shape index (κ2) is 10.4. The van der Waals surface area contributed by atoms with Gasteiger partial charge < -0.3 is 9.84 Å². The highest BCUT2D eigenvalue weighted by Gasteiger charge is 2.33. The predicted octanol–water partition coefficient (Wildman–Crippen LogP) is 5.58. The number of carboxylic acid groups (broad SMARTS) is 1. The first-order chi connectivity index (χ1) is 17.9. The molecule has 1 saturated heterocycles. The van der Waals surface area contributed by atoms with E-state index in [1.165, 1.54) is 16.7 Å². The molecule has 0 saturated carbocycles. The van der Waals surface area contributed by atoms with E-state index in [2.05, 4.69) is 0 Å². The number of hydrogen-bond donors (Lipinski definition) is 1. The van der Waals surface area contributed by atoms with Crippen LogP contribution in [0.25, 0.3) is 23.0 Å². The highest BCUT2D eigenvalue weighted by molar-refractivity contribution is 8.27. The van der Waals surface area contributed by atoms with E-state index in [4.69, 9.17) is 27.2 Å². The lowest BCUT2D eigenvalue weighted by atomic mass is 10.1. The molecule has 0 bridgehead atoms. The Morgan fingerprint density at radius 3 is 2.38 bits per heavy atom. The molecular weight excluding hydrogens is 506 g/mol.